The maximum Gasteiger partial charge on any atom is 0.235 e. The number of imidazole rings is 1. The molecule has 0 atom stereocenters. The van der Waals surface area contributed by atoms with E-state index in [9.17, 15) is 4.79 Å². The summed E-state index contributed by atoms with van der Waals surface area (Å²) in [4.78, 5) is 23.2. The number of hydrogen-bond donors (Lipinski definition) is 2. The SMILES string of the molecule is CNc1ccc(OCCOCCOCCNCc2cccc3c2ccn3Cc2ccccc2)nc1.O=Cc1ccn2c(n1)nc1ccccc12. The van der Waals surface area contributed by atoms with Crippen molar-refractivity contribution in [1.82, 2.24) is 29.2 Å². The van der Waals surface area contributed by atoms with Crippen molar-refractivity contribution in [2.24, 2.45) is 0 Å². The van der Waals surface area contributed by atoms with Gasteiger partial charge in [0.05, 0.1) is 49.3 Å². The van der Waals surface area contributed by atoms with Crippen LogP contribution in [0.15, 0.2) is 116 Å². The van der Waals surface area contributed by atoms with Crippen LogP contribution in [0.5, 0.6) is 5.88 Å². The van der Waals surface area contributed by atoms with Gasteiger partial charge in [0.25, 0.3) is 0 Å². The first kappa shape index (κ1) is 34.3. The van der Waals surface area contributed by atoms with Gasteiger partial charge < -0.3 is 29.4 Å². The number of nitrogens with one attached hydrogen (secondary N) is 2. The number of carbonyl (C=O) groups excluding carboxylic acids is 1. The van der Waals surface area contributed by atoms with Crippen LogP contribution in [0.2, 0.25) is 0 Å². The number of nitrogens with zero attached hydrogens (tertiary/aromatic N) is 5. The van der Waals surface area contributed by atoms with Crippen molar-refractivity contribution < 1.29 is 19.0 Å². The van der Waals surface area contributed by atoms with Crippen molar-refractivity contribution in [2.45, 2.75) is 13.1 Å². The van der Waals surface area contributed by atoms with E-state index in [1.165, 1.54) is 22.0 Å². The lowest BCUT2D eigenvalue weighted by Crippen LogP contribution is -2.20. The first-order valence-corrected chi connectivity index (χ1v) is 16.6. The van der Waals surface area contributed by atoms with Crippen LogP contribution in [-0.2, 0) is 22.6 Å². The topological polar surface area (TPSA) is 117 Å². The number of rotatable bonds is 16. The standard InChI is InChI=1S/C28H34N4O3.C11H7N3O/c1-29-25-10-11-28(31-21-25)35-19-18-34-17-16-33-15-13-30-20-24-8-5-9-27-26(24)12-14-32(27)22-23-6-3-2-4-7-23;15-7-8-5-6-14-10-4-2-1-3-9(10)13-11(14)12-8/h2-12,14,21,29-30H,13,15-20,22H2,1H3;1-7H. The van der Waals surface area contributed by atoms with Gasteiger partial charge >= 0.3 is 0 Å². The summed E-state index contributed by atoms with van der Waals surface area (Å²) in [6, 6.07) is 32.5. The molecule has 50 heavy (non-hydrogen) atoms. The molecule has 7 aromatic rings. The number of hydrogen-bond acceptors (Lipinski definition) is 9. The first-order valence-electron chi connectivity index (χ1n) is 16.6. The van der Waals surface area contributed by atoms with Gasteiger partial charge in [0.1, 0.15) is 12.3 Å². The normalized spacial score (nSPS) is 11.1. The molecule has 11 nitrogen and oxygen atoms in total. The Balaban J connectivity index is 0.000000237. The van der Waals surface area contributed by atoms with Crippen LogP contribution in [-0.4, -0.2) is 76.8 Å². The van der Waals surface area contributed by atoms with Crippen LogP contribution in [0.4, 0.5) is 5.69 Å². The zero-order valence-corrected chi connectivity index (χ0v) is 28.1. The average molecular weight is 672 g/mol. The fraction of sp³-hybridized carbons (Fsp3) is 0.231. The van der Waals surface area contributed by atoms with Gasteiger partial charge in [0, 0.05) is 56.0 Å². The fourth-order valence-corrected chi connectivity index (χ4v) is 5.49. The highest BCUT2D eigenvalue weighted by Gasteiger charge is 2.07. The predicted molar refractivity (Wildman–Crippen MR) is 196 cm³/mol. The van der Waals surface area contributed by atoms with E-state index in [2.05, 4.69) is 90.9 Å². The summed E-state index contributed by atoms with van der Waals surface area (Å²) in [6.45, 7) is 5.21. The van der Waals surface area contributed by atoms with Gasteiger partial charge in [-0.25, -0.2) is 15.0 Å². The number of ether oxygens (including phenoxy) is 3. The van der Waals surface area contributed by atoms with Gasteiger partial charge in [-0.2, -0.15) is 0 Å². The Morgan fingerprint density at radius 3 is 2.38 bits per heavy atom. The highest BCUT2D eigenvalue weighted by Crippen LogP contribution is 2.21. The third-order valence-electron chi connectivity index (χ3n) is 8.03. The average Bonchev–Trinajstić information content (AvgIpc) is 3.76. The fourth-order valence-electron chi connectivity index (χ4n) is 5.49. The molecule has 0 unspecified atom stereocenters. The highest BCUT2D eigenvalue weighted by molar-refractivity contribution is 5.84. The van der Waals surface area contributed by atoms with Crippen LogP contribution in [0.1, 0.15) is 21.6 Å². The lowest BCUT2D eigenvalue weighted by atomic mass is 10.1. The van der Waals surface area contributed by atoms with E-state index in [-0.39, 0.29) is 0 Å². The van der Waals surface area contributed by atoms with E-state index >= 15 is 0 Å². The van der Waals surface area contributed by atoms with Gasteiger partial charge in [0.2, 0.25) is 11.7 Å². The Morgan fingerprint density at radius 1 is 0.760 bits per heavy atom. The number of benzene rings is 3. The van der Waals surface area contributed by atoms with Gasteiger partial charge in [-0.15, -0.1) is 0 Å². The molecule has 0 saturated heterocycles. The third kappa shape index (κ3) is 9.08. The van der Waals surface area contributed by atoms with Crippen molar-refractivity contribution in [2.75, 3.05) is 51.9 Å². The predicted octanol–water partition coefficient (Wildman–Crippen LogP) is 6.02. The number of fused-ring (bicyclic) bond motifs is 4. The van der Waals surface area contributed by atoms with E-state index < -0.39 is 0 Å². The van der Waals surface area contributed by atoms with Crippen molar-refractivity contribution in [3.8, 4) is 5.88 Å². The van der Waals surface area contributed by atoms with Crippen LogP contribution in [0.25, 0.3) is 27.7 Å². The smallest absolute Gasteiger partial charge is 0.235 e. The molecule has 7 rings (SSSR count). The van der Waals surface area contributed by atoms with Gasteiger partial charge in [-0.1, -0.05) is 54.6 Å². The number of carbonyl (C=O) groups is 1. The van der Waals surface area contributed by atoms with Crippen LogP contribution in [0.3, 0.4) is 0 Å². The van der Waals surface area contributed by atoms with E-state index in [0.717, 1.165) is 42.6 Å². The van der Waals surface area contributed by atoms with Crippen molar-refractivity contribution in [1.29, 1.82) is 0 Å². The Morgan fingerprint density at radius 2 is 1.56 bits per heavy atom. The van der Waals surface area contributed by atoms with Crippen molar-refractivity contribution >= 4 is 39.7 Å². The molecule has 4 aromatic heterocycles. The second kappa shape index (κ2) is 17.7. The summed E-state index contributed by atoms with van der Waals surface area (Å²) in [7, 11) is 1.86. The molecule has 0 aliphatic carbocycles. The molecule has 0 spiro atoms. The van der Waals surface area contributed by atoms with Crippen molar-refractivity contribution in [3.63, 3.8) is 0 Å². The van der Waals surface area contributed by atoms with Gasteiger partial charge in [-0.05, 0) is 47.5 Å². The molecule has 11 heteroatoms. The molecule has 3 aromatic carbocycles. The zero-order chi connectivity index (χ0) is 34.4. The Labute approximate surface area is 290 Å². The molecule has 256 valence electrons. The van der Waals surface area contributed by atoms with Crippen molar-refractivity contribution in [3.05, 3.63) is 132 Å². The minimum atomic E-state index is 0.401. The molecule has 0 radical (unpaired) electrons. The Bertz CT molecular complexity index is 2100. The number of para-hydroxylation sites is 2. The molecule has 0 fully saturated rings. The number of aldehydes is 1. The molecule has 0 aliphatic rings. The maximum absolute atomic E-state index is 10.6. The van der Waals surface area contributed by atoms with Gasteiger partial charge in [-0.3, -0.25) is 9.20 Å². The largest absolute Gasteiger partial charge is 0.475 e. The minimum Gasteiger partial charge on any atom is -0.475 e. The molecular weight excluding hydrogens is 630 g/mol. The molecular formula is C39H41N7O4. The van der Waals surface area contributed by atoms with Crippen LogP contribution < -0.4 is 15.4 Å². The Kier molecular flexibility index (Phi) is 12.1. The quantitative estimate of drug-likeness (QED) is 0.0940. The summed E-state index contributed by atoms with van der Waals surface area (Å²) in [6.07, 6.45) is 6.44. The molecule has 0 amide bonds. The summed E-state index contributed by atoms with van der Waals surface area (Å²) in [5, 5.41) is 7.80. The maximum atomic E-state index is 10.6. The number of pyridine rings is 1. The van der Waals surface area contributed by atoms with E-state index in [1.54, 1.807) is 18.5 Å². The van der Waals surface area contributed by atoms with Crippen LogP contribution in [0, 0.1) is 0 Å². The molecule has 4 heterocycles. The number of anilines is 1. The molecule has 0 saturated carbocycles. The van der Waals surface area contributed by atoms with E-state index in [4.69, 9.17) is 14.2 Å². The molecule has 2 N–H and O–H groups in total. The lowest BCUT2D eigenvalue weighted by Gasteiger charge is -2.10. The summed E-state index contributed by atoms with van der Waals surface area (Å²) in [5.74, 6) is 1.15. The third-order valence-corrected chi connectivity index (χ3v) is 8.03. The number of aromatic nitrogens is 5. The van der Waals surface area contributed by atoms with E-state index in [0.29, 0.717) is 50.4 Å². The molecule has 0 aliphatic heterocycles. The molecule has 0 bridgehead atoms. The second-order valence-electron chi connectivity index (χ2n) is 11.4. The zero-order valence-electron chi connectivity index (χ0n) is 28.1. The second-order valence-corrected chi connectivity index (χ2v) is 11.4. The monoisotopic (exact) mass is 671 g/mol. The van der Waals surface area contributed by atoms with Gasteiger partial charge in [0.15, 0.2) is 6.29 Å². The van der Waals surface area contributed by atoms with E-state index in [1.807, 2.05) is 47.8 Å². The highest BCUT2D eigenvalue weighted by atomic mass is 16.5. The van der Waals surface area contributed by atoms with Crippen LogP contribution >= 0.6 is 0 Å². The summed E-state index contributed by atoms with van der Waals surface area (Å²) < 4.78 is 20.9. The first-order chi connectivity index (χ1) is 24.7. The Hall–Kier alpha value is -5.62. The lowest BCUT2D eigenvalue weighted by molar-refractivity contribution is 0.0367. The minimum absolute atomic E-state index is 0.401. The summed E-state index contributed by atoms with van der Waals surface area (Å²) in [5.41, 5.74) is 7.10. The summed E-state index contributed by atoms with van der Waals surface area (Å²) >= 11 is 0.